The number of anilines is 1. The number of carbonyl (C=O) groups excluding carboxylic acids is 1. The van der Waals surface area contributed by atoms with Crippen LogP contribution in [0.2, 0.25) is 0 Å². The van der Waals surface area contributed by atoms with Crippen LogP contribution in [-0.2, 0) is 4.79 Å². The molecule has 1 aromatic carbocycles. The minimum absolute atomic E-state index is 0.216. The van der Waals surface area contributed by atoms with E-state index in [0.717, 1.165) is 54.0 Å². The fraction of sp³-hybridized carbons (Fsp3) is 0.444. The summed E-state index contributed by atoms with van der Waals surface area (Å²) in [6, 6.07) is 8.07. The molecule has 122 valence electrons. The van der Waals surface area contributed by atoms with Crippen LogP contribution in [0, 0.1) is 12.8 Å². The van der Waals surface area contributed by atoms with E-state index in [1.807, 2.05) is 18.2 Å². The molecule has 0 spiro atoms. The Morgan fingerprint density at radius 1 is 1.43 bits per heavy atom. The average molecular weight is 313 g/mol. The van der Waals surface area contributed by atoms with Crippen molar-refractivity contribution in [1.82, 2.24) is 4.98 Å². The molecular formula is C18H23N3O2. The summed E-state index contributed by atoms with van der Waals surface area (Å²) < 4.78 is 5.28. The first kappa shape index (κ1) is 15.6. The van der Waals surface area contributed by atoms with Gasteiger partial charge in [0.05, 0.1) is 12.6 Å². The highest BCUT2D eigenvalue weighted by Crippen LogP contribution is 2.29. The predicted octanol–water partition coefficient (Wildman–Crippen LogP) is 2.64. The van der Waals surface area contributed by atoms with E-state index in [2.05, 4.69) is 17.9 Å². The van der Waals surface area contributed by atoms with Crippen LogP contribution in [-0.4, -0.2) is 31.1 Å². The van der Waals surface area contributed by atoms with Gasteiger partial charge >= 0.3 is 0 Å². The van der Waals surface area contributed by atoms with Crippen molar-refractivity contribution in [3.8, 4) is 5.75 Å². The summed E-state index contributed by atoms with van der Waals surface area (Å²) in [4.78, 5) is 18.3. The molecule has 1 aromatic heterocycles. The number of ether oxygens (including phenoxy) is 1. The highest BCUT2D eigenvalue weighted by atomic mass is 16.5. The average Bonchev–Trinajstić information content (AvgIpc) is 2.53. The van der Waals surface area contributed by atoms with E-state index in [1.54, 1.807) is 7.11 Å². The van der Waals surface area contributed by atoms with Crippen LogP contribution < -0.4 is 15.4 Å². The van der Waals surface area contributed by atoms with Gasteiger partial charge in [-0.25, -0.2) is 4.98 Å². The van der Waals surface area contributed by atoms with E-state index in [9.17, 15) is 4.79 Å². The minimum atomic E-state index is -0.216. The molecule has 2 aromatic rings. The molecule has 1 fully saturated rings. The van der Waals surface area contributed by atoms with Gasteiger partial charge in [0.1, 0.15) is 11.6 Å². The number of aryl methyl sites for hydroxylation is 1. The second kappa shape index (κ2) is 6.44. The van der Waals surface area contributed by atoms with Gasteiger partial charge in [-0.3, -0.25) is 4.79 Å². The van der Waals surface area contributed by atoms with Crippen LogP contribution in [0.25, 0.3) is 10.9 Å². The number of piperidine rings is 1. The lowest BCUT2D eigenvalue weighted by Crippen LogP contribution is -2.38. The molecule has 3 rings (SSSR count). The van der Waals surface area contributed by atoms with Crippen molar-refractivity contribution in [2.24, 2.45) is 11.7 Å². The topological polar surface area (TPSA) is 68.4 Å². The number of aromatic nitrogens is 1. The number of fused-ring (bicyclic) bond motifs is 1. The Morgan fingerprint density at radius 3 is 3.00 bits per heavy atom. The summed E-state index contributed by atoms with van der Waals surface area (Å²) in [6.07, 6.45) is 2.59. The van der Waals surface area contributed by atoms with E-state index in [4.69, 9.17) is 15.5 Å². The van der Waals surface area contributed by atoms with Gasteiger partial charge in [-0.05, 0) is 55.5 Å². The normalized spacial score (nSPS) is 18.2. The van der Waals surface area contributed by atoms with Crippen LogP contribution in [0.15, 0.2) is 24.3 Å². The van der Waals surface area contributed by atoms with Crippen LogP contribution in [0.1, 0.15) is 24.8 Å². The Labute approximate surface area is 136 Å². The number of primary amides is 1. The number of methoxy groups -OCH3 is 1. The Morgan fingerprint density at radius 2 is 2.26 bits per heavy atom. The first-order chi connectivity index (χ1) is 11.1. The molecule has 0 radical (unpaired) electrons. The van der Waals surface area contributed by atoms with Gasteiger partial charge in [0.15, 0.2) is 0 Å². The van der Waals surface area contributed by atoms with Crippen molar-refractivity contribution in [2.75, 3.05) is 25.1 Å². The van der Waals surface area contributed by atoms with Gasteiger partial charge in [-0.2, -0.15) is 0 Å². The van der Waals surface area contributed by atoms with Crippen molar-refractivity contribution in [3.63, 3.8) is 0 Å². The van der Waals surface area contributed by atoms with E-state index in [0.29, 0.717) is 12.3 Å². The summed E-state index contributed by atoms with van der Waals surface area (Å²) in [6.45, 7) is 3.90. The molecule has 1 saturated heterocycles. The fourth-order valence-electron chi connectivity index (χ4n) is 3.41. The van der Waals surface area contributed by atoms with Crippen LogP contribution in [0.3, 0.4) is 0 Å². The highest BCUT2D eigenvalue weighted by Gasteiger charge is 2.23. The number of hydrogen-bond donors (Lipinski definition) is 1. The fourth-order valence-corrected chi connectivity index (χ4v) is 3.41. The van der Waals surface area contributed by atoms with Gasteiger partial charge < -0.3 is 15.4 Å². The van der Waals surface area contributed by atoms with E-state index < -0.39 is 0 Å². The number of amides is 1. The lowest BCUT2D eigenvalue weighted by atomic mass is 9.94. The molecule has 1 amide bonds. The second-order valence-electron chi connectivity index (χ2n) is 6.31. The number of carbonyl (C=O) groups is 1. The maximum absolute atomic E-state index is 11.2. The quantitative estimate of drug-likeness (QED) is 0.942. The van der Waals surface area contributed by atoms with Gasteiger partial charge in [-0.15, -0.1) is 0 Å². The Bertz CT molecular complexity index is 730. The van der Waals surface area contributed by atoms with Crippen molar-refractivity contribution >= 4 is 22.6 Å². The number of benzene rings is 1. The molecule has 0 saturated carbocycles. The second-order valence-corrected chi connectivity index (χ2v) is 6.31. The number of hydrogen-bond acceptors (Lipinski definition) is 4. The molecule has 0 unspecified atom stereocenters. The third kappa shape index (κ3) is 3.38. The number of nitrogens with zero attached hydrogens (tertiary/aromatic N) is 2. The minimum Gasteiger partial charge on any atom is -0.497 e. The van der Waals surface area contributed by atoms with Crippen LogP contribution in [0.5, 0.6) is 5.75 Å². The van der Waals surface area contributed by atoms with Crippen molar-refractivity contribution < 1.29 is 9.53 Å². The molecular weight excluding hydrogens is 290 g/mol. The predicted molar refractivity (Wildman–Crippen MR) is 91.8 cm³/mol. The molecule has 2 heterocycles. The molecule has 1 atom stereocenters. The maximum atomic E-state index is 11.2. The van der Waals surface area contributed by atoms with E-state index in [-0.39, 0.29) is 5.91 Å². The first-order valence-corrected chi connectivity index (χ1v) is 8.05. The van der Waals surface area contributed by atoms with Gasteiger partial charge in [0.2, 0.25) is 5.91 Å². The molecule has 0 aliphatic carbocycles. The Kier molecular flexibility index (Phi) is 4.37. The third-order valence-electron chi connectivity index (χ3n) is 4.49. The summed E-state index contributed by atoms with van der Waals surface area (Å²) >= 11 is 0. The van der Waals surface area contributed by atoms with Crippen molar-refractivity contribution in [1.29, 1.82) is 0 Å². The standard InChI is InChI=1S/C18H23N3O2/c1-12-8-14-10-15(23-2)5-6-16(14)20-18(12)21-7-3-4-13(11-21)9-17(19)22/h5-6,8,10,13H,3-4,7,9,11H2,1-2H3,(H2,19,22)/t13-/m0/s1. The van der Waals surface area contributed by atoms with E-state index in [1.165, 1.54) is 0 Å². The molecule has 1 aliphatic rings. The summed E-state index contributed by atoms with van der Waals surface area (Å²) in [5.41, 5.74) is 7.46. The zero-order chi connectivity index (χ0) is 16.4. The van der Waals surface area contributed by atoms with E-state index >= 15 is 0 Å². The maximum Gasteiger partial charge on any atom is 0.217 e. The van der Waals surface area contributed by atoms with Gasteiger partial charge in [0.25, 0.3) is 0 Å². The summed E-state index contributed by atoms with van der Waals surface area (Å²) in [5.74, 6) is 1.96. The van der Waals surface area contributed by atoms with Gasteiger partial charge in [-0.1, -0.05) is 0 Å². The molecule has 23 heavy (non-hydrogen) atoms. The summed E-state index contributed by atoms with van der Waals surface area (Å²) in [7, 11) is 1.67. The third-order valence-corrected chi connectivity index (χ3v) is 4.49. The highest BCUT2D eigenvalue weighted by molar-refractivity contribution is 5.83. The molecule has 0 bridgehead atoms. The van der Waals surface area contributed by atoms with Gasteiger partial charge in [0, 0.05) is 24.9 Å². The Balaban J connectivity index is 1.89. The SMILES string of the molecule is COc1ccc2nc(N3CCC[C@@H](CC(N)=O)C3)c(C)cc2c1. The molecule has 1 aliphatic heterocycles. The zero-order valence-electron chi connectivity index (χ0n) is 13.7. The Hall–Kier alpha value is -2.30. The molecule has 5 heteroatoms. The first-order valence-electron chi connectivity index (χ1n) is 8.05. The van der Waals surface area contributed by atoms with Crippen molar-refractivity contribution in [2.45, 2.75) is 26.2 Å². The number of nitrogens with two attached hydrogens (primary N) is 1. The number of rotatable bonds is 4. The number of pyridine rings is 1. The largest absolute Gasteiger partial charge is 0.497 e. The molecule has 2 N–H and O–H groups in total. The summed E-state index contributed by atoms with van der Waals surface area (Å²) in [5, 5.41) is 1.08. The van der Waals surface area contributed by atoms with Crippen molar-refractivity contribution in [3.05, 3.63) is 29.8 Å². The van der Waals surface area contributed by atoms with Crippen LogP contribution >= 0.6 is 0 Å². The lowest BCUT2D eigenvalue weighted by molar-refractivity contribution is -0.118. The lowest BCUT2D eigenvalue weighted by Gasteiger charge is -2.34. The smallest absolute Gasteiger partial charge is 0.217 e. The van der Waals surface area contributed by atoms with Crippen LogP contribution in [0.4, 0.5) is 5.82 Å². The zero-order valence-corrected chi connectivity index (χ0v) is 13.7. The molecule has 5 nitrogen and oxygen atoms in total. The monoisotopic (exact) mass is 313 g/mol.